The molecule has 7 nitrogen and oxygen atoms in total. The molecule has 0 aliphatic rings. The largest absolute Gasteiger partial charge is 0.522 e. The second-order valence-electron chi connectivity index (χ2n) is 6.08. The minimum atomic E-state index is -5.84. The maximum Gasteiger partial charge on any atom is 0.522 e. The van der Waals surface area contributed by atoms with Gasteiger partial charge in [0.2, 0.25) is 0 Å². The Kier molecular flexibility index (Phi) is 8.30. The first-order chi connectivity index (χ1) is 9.22. The zero-order chi connectivity index (χ0) is 18.6. The molecule has 12 heteroatoms. The molecule has 0 rings (SSSR count). The van der Waals surface area contributed by atoms with E-state index in [-0.39, 0.29) is 0 Å². The van der Waals surface area contributed by atoms with Gasteiger partial charge in [-0.25, -0.2) is 0 Å². The van der Waals surface area contributed by atoms with Gasteiger partial charge in [-0.2, -0.15) is 21.6 Å². The molecule has 0 saturated heterocycles. The van der Waals surface area contributed by atoms with Gasteiger partial charge in [-0.3, -0.25) is 9.12 Å². The normalized spacial score (nSPS) is 14.3. The fourth-order valence-electron chi connectivity index (χ4n) is 0.911. The van der Waals surface area contributed by atoms with Gasteiger partial charge in [0.05, 0.1) is 11.2 Å². The SMILES string of the molecule is CC(C)(C)OP(=O)(CO)OC(C)(C)C.O=S(=O)(O)C(F)(F)F. The van der Waals surface area contributed by atoms with Crippen LogP contribution in [-0.2, 0) is 23.7 Å². The van der Waals surface area contributed by atoms with Crippen LogP contribution in [0.4, 0.5) is 13.2 Å². The second kappa shape index (κ2) is 7.59. The minimum Gasteiger partial charge on any atom is -0.384 e. The van der Waals surface area contributed by atoms with Crippen molar-refractivity contribution in [2.45, 2.75) is 58.3 Å². The van der Waals surface area contributed by atoms with Crippen LogP contribution in [0.1, 0.15) is 41.5 Å². The van der Waals surface area contributed by atoms with Crippen LogP contribution in [0, 0.1) is 0 Å². The quantitative estimate of drug-likeness (QED) is 0.443. The summed E-state index contributed by atoms with van der Waals surface area (Å²) in [5.74, 6) is 0. The highest BCUT2D eigenvalue weighted by Gasteiger charge is 2.44. The van der Waals surface area contributed by atoms with E-state index >= 15 is 0 Å². The fraction of sp³-hybridized carbons (Fsp3) is 1.00. The van der Waals surface area contributed by atoms with Gasteiger partial charge in [0, 0.05) is 0 Å². The first kappa shape index (κ1) is 24.1. The predicted molar refractivity (Wildman–Crippen MR) is 74.0 cm³/mol. The summed E-state index contributed by atoms with van der Waals surface area (Å²) in [5.41, 5.74) is -6.72. The Morgan fingerprint density at radius 3 is 1.27 bits per heavy atom. The van der Waals surface area contributed by atoms with Crippen LogP contribution < -0.4 is 0 Å². The third-order valence-electron chi connectivity index (χ3n) is 1.29. The standard InChI is InChI=1S/C9H21O4P.CHF3O3S/c1-8(2,3)12-14(11,7-10)13-9(4,5)6;2-1(3,4)8(5,6)7/h10H,7H2,1-6H3;(H,5,6,7). The third kappa shape index (κ3) is 12.4. The third-order valence-corrected chi connectivity index (χ3v) is 3.87. The van der Waals surface area contributed by atoms with Crippen LogP contribution in [0.5, 0.6) is 0 Å². The second-order valence-corrected chi connectivity index (χ2v) is 9.36. The molecule has 0 unspecified atom stereocenters. The molecular weight excluding hydrogens is 352 g/mol. The summed E-state index contributed by atoms with van der Waals surface area (Å²) >= 11 is 0. The van der Waals surface area contributed by atoms with Gasteiger partial charge < -0.3 is 14.2 Å². The van der Waals surface area contributed by atoms with Crippen molar-refractivity contribution >= 4 is 17.7 Å². The van der Waals surface area contributed by atoms with Crippen molar-refractivity contribution in [1.82, 2.24) is 0 Å². The van der Waals surface area contributed by atoms with E-state index in [1.807, 2.05) is 0 Å². The van der Waals surface area contributed by atoms with E-state index in [9.17, 15) is 17.7 Å². The summed E-state index contributed by atoms with van der Waals surface area (Å²) in [5, 5.41) is 9.00. The van der Waals surface area contributed by atoms with E-state index in [2.05, 4.69) is 0 Å². The number of hydrogen-bond acceptors (Lipinski definition) is 6. The molecule has 0 radical (unpaired) electrons. The van der Waals surface area contributed by atoms with E-state index in [1.165, 1.54) is 0 Å². The number of aliphatic hydroxyl groups excluding tert-OH is 1. The Bertz CT molecular complexity index is 468. The number of hydrogen-bond donors (Lipinski definition) is 2. The molecule has 0 bridgehead atoms. The number of alkyl halides is 3. The van der Waals surface area contributed by atoms with Gasteiger partial charge in [-0.1, -0.05) is 0 Å². The van der Waals surface area contributed by atoms with Crippen molar-refractivity contribution in [3.63, 3.8) is 0 Å². The molecule has 136 valence electrons. The molecule has 0 aliphatic heterocycles. The Labute approximate surface area is 128 Å². The monoisotopic (exact) mass is 374 g/mol. The molecule has 0 atom stereocenters. The molecule has 0 amide bonds. The molecular formula is C10H22F3O7PS. The smallest absolute Gasteiger partial charge is 0.384 e. The van der Waals surface area contributed by atoms with Gasteiger partial charge in [0.1, 0.15) is 6.35 Å². The highest BCUT2D eigenvalue weighted by Crippen LogP contribution is 2.53. The maximum absolute atomic E-state index is 11.9. The van der Waals surface area contributed by atoms with Crippen LogP contribution in [0.2, 0.25) is 0 Å². The zero-order valence-corrected chi connectivity index (χ0v) is 14.8. The molecule has 2 N–H and O–H groups in total. The van der Waals surface area contributed by atoms with Crippen LogP contribution in [0.3, 0.4) is 0 Å². The summed E-state index contributed by atoms with van der Waals surface area (Å²) in [4.78, 5) is 0. The Morgan fingerprint density at radius 1 is 0.955 bits per heavy atom. The Hall–Kier alpha value is -0.190. The van der Waals surface area contributed by atoms with Crippen molar-refractivity contribution < 1.29 is 44.9 Å². The van der Waals surface area contributed by atoms with Crippen molar-refractivity contribution in [3.8, 4) is 0 Å². The van der Waals surface area contributed by atoms with Gasteiger partial charge >= 0.3 is 23.2 Å². The van der Waals surface area contributed by atoms with Crippen molar-refractivity contribution in [3.05, 3.63) is 0 Å². The van der Waals surface area contributed by atoms with Gasteiger partial charge in [0.15, 0.2) is 0 Å². The molecule has 0 aromatic carbocycles. The zero-order valence-electron chi connectivity index (χ0n) is 13.1. The highest BCUT2D eigenvalue weighted by atomic mass is 32.2. The van der Waals surface area contributed by atoms with Gasteiger partial charge in [-0.05, 0) is 41.5 Å². The highest BCUT2D eigenvalue weighted by molar-refractivity contribution is 7.86. The van der Waals surface area contributed by atoms with Crippen LogP contribution in [-0.4, -0.2) is 41.1 Å². The summed E-state index contributed by atoms with van der Waals surface area (Å²) in [7, 11) is -9.23. The van der Waals surface area contributed by atoms with E-state index in [4.69, 9.17) is 27.1 Å². The average molecular weight is 374 g/mol. The van der Waals surface area contributed by atoms with E-state index < -0.39 is 40.8 Å². The Morgan fingerprint density at radius 2 is 1.18 bits per heavy atom. The predicted octanol–water partition coefficient (Wildman–Crippen LogP) is 3.15. The lowest BCUT2D eigenvalue weighted by atomic mass is 10.2. The van der Waals surface area contributed by atoms with Crippen molar-refractivity contribution in [1.29, 1.82) is 0 Å². The Balaban J connectivity index is 0. The molecule has 0 spiro atoms. The summed E-state index contributed by atoms with van der Waals surface area (Å²) in [6.45, 7) is 10.6. The average Bonchev–Trinajstić information content (AvgIpc) is 2.08. The van der Waals surface area contributed by atoms with Crippen molar-refractivity contribution in [2.75, 3.05) is 6.35 Å². The van der Waals surface area contributed by atoms with Gasteiger partial charge in [-0.15, -0.1) is 0 Å². The number of rotatable bonds is 3. The number of aliphatic hydroxyl groups is 1. The molecule has 0 heterocycles. The first-order valence-electron chi connectivity index (χ1n) is 5.88. The molecule has 0 aromatic heterocycles. The first-order valence-corrected chi connectivity index (χ1v) is 9.04. The lowest BCUT2D eigenvalue weighted by Crippen LogP contribution is -2.24. The lowest BCUT2D eigenvalue weighted by Gasteiger charge is -2.30. The minimum absolute atomic E-state index is 0.594. The molecule has 0 fully saturated rings. The summed E-state index contributed by atoms with van der Waals surface area (Å²) in [6, 6.07) is 0. The summed E-state index contributed by atoms with van der Waals surface area (Å²) in [6.07, 6.45) is -0.596. The number of halogens is 3. The van der Waals surface area contributed by atoms with Crippen molar-refractivity contribution in [2.24, 2.45) is 0 Å². The van der Waals surface area contributed by atoms with E-state index in [0.717, 1.165) is 0 Å². The van der Waals surface area contributed by atoms with Crippen LogP contribution in [0.15, 0.2) is 0 Å². The maximum atomic E-state index is 11.9. The van der Waals surface area contributed by atoms with E-state index in [1.54, 1.807) is 41.5 Å². The topological polar surface area (TPSA) is 110 Å². The van der Waals surface area contributed by atoms with Crippen LogP contribution in [0.25, 0.3) is 0 Å². The molecule has 0 saturated carbocycles. The molecule has 0 aromatic rings. The lowest BCUT2D eigenvalue weighted by molar-refractivity contribution is -0.0510. The van der Waals surface area contributed by atoms with Crippen LogP contribution >= 0.6 is 7.60 Å². The fourth-order valence-corrected chi connectivity index (χ4v) is 2.73. The van der Waals surface area contributed by atoms with E-state index in [0.29, 0.717) is 0 Å². The molecule has 0 aliphatic carbocycles. The summed E-state index contributed by atoms with van der Waals surface area (Å²) < 4.78 is 79.9. The molecule has 22 heavy (non-hydrogen) atoms. The van der Waals surface area contributed by atoms with Gasteiger partial charge in [0.25, 0.3) is 0 Å².